The van der Waals surface area contributed by atoms with Crippen molar-refractivity contribution in [2.75, 3.05) is 32.7 Å². The van der Waals surface area contributed by atoms with Gasteiger partial charge >= 0.3 is 0 Å². The summed E-state index contributed by atoms with van der Waals surface area (Å²) in [7, 11) is 0. The molecule has 0 aliphatic carbocycles. The van der Waals surface area contributed by atoms with Crippen molar-refractivity contribution in [1.82, 2.24) is 15.1 Å². The van der Waals surface area contributed by atoms with Gasteiger partial charge in [-0.3, -0.25) is 9.69 Å². The lowest BCUT2D eigenvalue weighted by Gasteiger charge is -2.39. The number of rotatable bonds is 5. The van der Waals surface area contributed by atoms with E-state index in [-0.39, 0.29) is 6.04 Å². The first-order valence-corrected chi connectivity index (χ1v) is 8.39. The van der Waals surface area contributed by atoms with Crippen LogP contribution in [0.1, 0.15) is 46.5 Å². The molecule has 116 valence electrons. The van der Waals surface area contributed by atoms with E-state index >= 15 is 0 Å². The number of hydrogen-bond donors (Lipinski definition) is 1. The van der Waals surface area contributed by atoms with E-state index in [1.165, 1.54) is 25.7 Å². The smallest absolute Gasteiger partial charge is 0.239 e. The van der Waals surface area contributed by atoms with Gasteiger partial charge in [0.15, 0.2) is 0 Å². The van der Waals surface area contributed by atoms with E-state index in [1.54, 1.807) is 0 Å². The number of nitrogens with one attached hydrogen (secondary N) is 1. The summed E-state index contributed by atoms with van der Waals surface area (Å²) >= 11 is 0. The van der Waals surface area contributed by atoms with Crippen LogP contribution in [0.5, 0.6) is 0 Å². The molecule has 2 aliphatic heterocycles. The molecule has 2 fully saturated rings. The van der Waals surface area contributed by atoms with Crippen LogP contribution >= 0.6 is 0 Å². The van der Waals surface area contributed by atoms with Crippen molar-refractivity contribution >= 4 is 5.91 Å². The largest absolute Gasteiger partial charge is 0.341 e. The van der Waals surface area contributed by atoms with Crippen molar-refractivity contribution < 1.29 is 4.79 Å². The summed E-state index contributed by atoms with van der Waals surface area (Å²) < 4.78 is 0. The fourth-order valence-corrected chi connectivity index (χ4v) is 3.65. The predicted molar refractivity (Wildman–Crippen MR) is 82.7 cm³/mol. The first-order chi connectivity index (χ1) is 9.63. The summed E-state index contributed by atoms with van der Waals surface area (Å²) in [6, 6.07) is 0.613. The van der Waals surface area contributed by atoms with Crippen molar-refractivity contribution in [3.63, 3.8) is 0 Å². The van der Waals surface area contributed by atoms with Crippen LogP contribution in [0.2, 0.25) is 0 Å². The van der Waals surface area contributed by atoms with E-state index in [4.69, 9.17) is 0 Å². The van der Waals surface area contributed by atoms with Crippen molar-refractivity contribution in [3.8, 4) is 0 Å². The molecule has 0 saturated carbocycles. The highest BCUT2D eigenvalue weighted by molar-refractivity contribution is 5.81. The molecule has 4 heteroatoms. The first kappa shape index (κ1) is 15.8. The van der Waals surface area contributed by atoms with E-state index in [0.29, 0.717) is 17.9 Å². The molecule has 2 rings (SSSR count). The van der Waals surface area contributed by atoms with Crippen LogP contribution in [0.25, 0.3) is 0 Å². The molecule has 0 bridgehead atoms. The molecule has 2 heterocycles. The van der Waals surface area contributed by atoms with Crippen LogP contribution in [-0.2, 0) is 4.79 Å². The Kier molecular flexibility index (Phi) is 5.85. The third-order valence-corrected chi connectivity index (χ3v) is 5.05. The molecule has 0 aromatic carbocycles. The minimum atomic E-state index is 0.0599. The molecule has 3 atom stereocenters. The highest BCUT2D eigenvalue weighted by atomic mass is 16.2. The Balaban J connectivity index is 1.88. The van der Waals surface area contributed by atoms with E-state index in [1.807, 2.05) is 0 Å². The Labute approximate surface area is 123 Å². The van der Waals surface area contributed by atoms with Gasteiger partial charge in [0.2, 0.25) is 5.91 Å². The molecule has 2 saturated heterocycles. The molecule has 0 radical (unpaired) electrons. The van der Waals surface area contributed by atoms with Crippen LogP contribution in [0.3, 0.4) is 0 Å². The highest BCUT2D eigenvalue weighted by Gasteiger charge is 2.32. The summed E-state index contributed by atoms with van der Waals surface area (Å²) in [5, 5.41) is 3.54. The maximum absolute atomic E-state index is 12.5. The summed E-state index contributed by atoms with van der Waals surface area (Å²) in [5.41, 5.74) is 0. The Morgan fingerprint density at radius 1 is 1.20 bits per heavy atom. The lowest BCUT2D eigenvalue weighted by Crippen LogP contribution is -2.52. The molecule has 2 aliphatic rings. The fourth-order valence-electron chi connectivity index (χ4n) is 3.65. The highest BCUT2D eigenvalue weighted by Crippen LogP contribution is 2.22. The SMILES string of the molecule is CCNC(C)C1CCCN(C(C)C(=O)N2CCCC2)C1. The third-order valence-electron chi connectivity index (χ3n) is 5.05. The molecule has 0 aromatic heterocycles. The molecule has 0 aromatic rings. The molecule has 3 unspecified atom stereocenters. The van der Waals surface area contributed by atoms with Crippen molar-refractivity contribution in [3.05, 3.63) is 0 Å². The van der Waals surface area contributed by atoms with Gasteiger partial charge in [0.25, 0.3) is 0 Å². The maximum Gasteiger partial charge on any atom is 0.239 e. The maximum atomic E-state index is 12.5. The zero-order valence-electron chi connectivity index (χ0n) is 13.4. The molecule has 4 nitrogen and oxygen atoms in total. The van der Waals surface area contributed by atoms with Gasteiger partial charge in [-0.15, -0.1) is 0 Å². The number of carbonyl (C=O) groups excluding carboxylic acids is 1. The Morgan fingerprint density at radius 3 is 2.55 bits per heavy atom. The molecular formula is C16H31N3O. The zero-order chi connectivity index (χ0) is 14.5. The average molecular weight is 281 g/mol. The van der Waals surface area contributed by atoms with E-state index < -0.39 is 0 Å². The minimum absolute atomic E-state index is 0.0599. The number of amides is 1. The van der Waals surface area contributed by atoms with Gasteiger partial charge in [0.1, 0.15) is 0 Å². The summed E-state index contributed by atoms with van der Waals surface area (Å²) in [5.74, 6) is 1.02. The summed E-state index contributed by atoms with van der Waals surface area (Å²) in [6.07, 6.45) is 4.87. The Hall–Kier alpha value is -0.610. The monoisotopic (exact) mass is 281 g/mol. The standard InChI is InChI=1S/C16H31N3O/c1-4-17-13(2)15-8-7-11-19(12-15)14(3)16(20)18-9-5-6-10-18/h13-15,17H,4-12H2,1-3H3. The van der Waals surface area contributed by atoms with E-state index in [0.717, 1.165) is 32.7 Å². The minimum Gasteiger partial charge on any atom is -0.341 e. The van der Waals surface area contributed by atoms with Gasteiger partial charge in [-0.05, 0) is 58.5 Å². The number of hydrogen-bond acceptors (Lipinski definition) is 3. The van der Waals surface area contributed by atoms with Gasteiger partial charge in [0, 0.05) is 25.7 Å². The summed E-state index contributed by atoms with van der Waals surface area (Å²) in [6.45, 7) is 11.6. The van der Waals surface area contributed by atoms with Gasteiger partial charge in [-0.2, -0.15) is 0 Å². The van der Waals surface area contributed by atoms with Crippen molar-refractivity contribution in [2.45, 2.75) is 58.5 Å². The molecule has 0 spiro atoms. The number of nitrogens with zero attached hydrogens (tertiary/aromatic N) is 2. The van der Waals surface area contributed by atoms with Gasteiger partial charge < -0.3 is 10.2 Å². The van der Waals surface area contributed by atoms with Gasteiger partial charge in [-0.1, -0.05) is 6.92 Å². The lowest BCUT2D eigenvalue weighted by atomic mass is 9.90. The quantitative estimate of drug-likeness (QED) is 0.833. The van der Waals surface area contributed by atoms with Crippen molar-refractivity contribution in [1.29, 1.82) is 0 Å². The lowest BCUT2D eigenvalue weighted by molar-refractivity contribution is -0.136. The van der Waals surface area contributed by atoms with Crippen LogP contribution in [0, 0.1) is 5.92 Å². The van der Waals surface area contributed by atoms with Crippen LogP contribution in [0.15, 0.2) is 0 Å². The molecule has 20 heavy (non-hydrogen) atoms. The fraction of sp³-hybridized carbons (Fsp3) is 0.938. The Bertz CT molecular complexity index is 315. The first-order valence-electron chi connectivity index (χ1n) is 8.39. The topological polar surface area (TPSA) is 35.6 Å². The second-order valence-electron chi connectivity index (χ2n) is 6.45. The van der Waals surface area contributed by atoms with Crippen molar-refractivity contribution in [2.24, 2.45) is 5.92 Å². The molecular weight excluding hydrogens is 250 g/mol. The molecule has 1 amide bonds. The van der Waals surface area contributed by atoms with Crippen LogP contribution in [-0.4, -0.2) is 60.5 Å². The van der Waals surface area contributed by atoms with Gasteiger partial charge in [-0.25, -0.2) is 0 Å². The Morgan fingerprint density at radius 2 is 1.90 bits per heavy atom. The predicted octanol–water partition coefficient (Wildman–Crippen LogP) is 1.71. The molecule has 1 N–H and O–H groups in total. The van der Waals surface area contributed by atoms with Crippen LogP contribution in [0.4, 0.5) is 0 Å². The van der Waals surface area contributed by atoms with E-state index in [9.17, 15) is 4.79 Å². The zero-order valence-corrected chi connectivity index (χ0v) is 13.4. The third kappa shape index (κ3) is 3.73. The average Bonchev–Trinajstić information content (AvgIpc) is 3.00. The van der Waals surface area contributed by atoms with E-state index in [2.05, 4.69) is 35.9 Å². The number of piperidine rings is 1. The number of carbonyl (C=O) groups is 1. The summed E-state index contributed by atoms with van der Waals surface area (Å²) in [4.78, 5) is 17.0. The van der Waals surface area contributed by atoms with Crippen LogP contribution < -0.4 is 5.32 Å². The second kappa shape index (κ2) is 7.41. The number of likely N-dealkylation sites (tertiary alicyclic amines) is 2. The normalized spacial score (nSPS) is 27.6. The van der Waals surface area contributed by atoms with Gasteiger partial charge in [0.05, 0.1) is 6.04 Å². The second-order valence-corrected chi connectivity index (χ2v) is 6.45.